The topological polar surface area (TPSA) is 33.1 Å². The lowest BCUT2D eigenvalue weighted by Crippen LogP contribution is -2.30. The Labute approximate surface area is 123 Å². The molecule has 1 aliphatic heterocycles. The molecule has 0 spiro atoms. The van der Waals surface area contributed by atoms with Crippen molar-refractivity contribution in [1.29, 1.82) is 0 Å². The summed E-state index contributed by atoms with van der Waals surface area (Å²) in [5, 5.41) is 8.20. The number of likely N-dealkylation sites (tertiary alicyclic amines) is 1. The lowest BCUT2D eigenvalue weighted by Gasteiger charge is -2.20. The zero-order chi connectivity index (χ0) is 14.5. The average molecular weight is 278 g/mol. The SMILES string of the molecule is CCC(C)n1ccc(CNCC2CCN(C(C)C)C2)n1. The van der Waals surface area contributed by atoms with Gasteiger partial charge in [0.25, 0.3) is 0 Å². The minimum atomic E-state index is 0.498. The summed E-state index contributed by atoms with van der Waals surface area (Å²) in [6.45, 7) is 13.5. The molecular weight excluding hydrogens is 248 g/mol. The zero-order valence-electron chi connectivity index (χ0n) is 13.5. The minimum absolute atomic E-state index is 0.498. The van der Waals surface area contributed by atoms with Crippen LogP contribution in [0.4, 0.5) is 0 Å². The second-order valence-electron chi connectivity index (χ2n) is 6.42. The maximum atomic E-state index is 4.63. The van der Waals surface area contributed by atoms with E-state index in [0.717, 1.165) is 31.1 Å². The summed E-state index contributed by atoms with van der Waals surface area (Å²) < 4.78 is 2.08. The van der Waals surface area contributed by atoms with E-state index in [1.165, 1.54) is 19.5 Å². The predicted molar refractivity (Wildman–Crippen MR) is 83.8 cm³/mol. The third kappa shape index (κ3) is 4.06. The summed E-state index contributed by atoms with van der Waals surface area (Å²) in [5.41, 5.74) is 1.16. The number of nitrogens with zero attached hydrogens (tertiary/aromatic N) is 3. The molecule has 114 valence electrons. The minimum Gasteiger partial charge on any atom is -0.311 e. The highest BCUT2D eigenvalue weighted by molar-refractivity contribution is 4.99. The molecule has 0 aromatic carbocycles. The summed E-state index contributed by atoms with van der Waals surface area (Å²) in [7, 11) is 0. The van der Waals surface area contributed by atoms with Crippen molar-refractivity contribution in [2.24, 2.45) is 5.92 Å². The molecule has 1 aromatic rings. The molecule has 1 saturated heterocycles. The Hall–Kier alpha value is -0.870. The molecule has 0 bridgehead atoms. The first-order valence-electron chi connectivity index (χ1n) is 8.09. The van der Waals surface area contributed by atoms with Crippen LogP contribution in [-0.4, -0.2) is 40.4 Å². The molecule has 1 N–H and O–H groups in total. The fourth-order valence-electron chi connectivity index (χ4n) is 2.81. The normalized spacial score (nSPS) is 21.8. The first-order valence-corrected chi connectivity index (χ1v) is 8.09. The van der Waals surface area contributed by atoms with Gasteiger partial charge in [-0.2, -0.15) is 5.10 Å². The van der Waals surface area contributed by atoms with Gasteiger partial charge in [0.15, 0.2) is 0 Å². The highest BCUT2D eigenvalue weighted by Gasteiger charge is 2.23. The van der Waals surface area contributed by atoms with Crippen LogP contribution in [0.5, 0.6) is 0 Å². The van der Waals surface area contributed by atoms with Gasteiger partial charge >= 0.3 is 0 Å². The quantitative estimate of drug-likeness (QED) is 0.832. The Bertz CT molecular complexity index is 399. The van der Waals surface area contributed by atoms with Crippen LogP contribution in [0.15, 0.2) is 12.3 Å². The van der Waals surface area contributed by atoms with Gasteiger partial charge in [0.05, 0.1) is 5.69 Å². The highest BCUT2D eigenvalue weighted by atomic mass is 15.3. The fourth-order valence-corrected chi connectivity index (χ4v) is 2.81. The van der Waals surface area contributed by atoms with Crippen LogP contribution in [0, 0.1) is 5.92 Å². The van der Waals surface area contributed by atoms with Gasteiger partial charge in [0.2, 0.25) is 0 Å². The van der Waals surface area contributed by atoms with Gasteiger partial charge in [-0.3, -0.25) is 4.68 Å². The number of rotatable bonds is 7. The van der Waals surface area contributed by atoms with Crippen LogP contribution >= 0.6 is 0 Å². The van der Waals surface area contributed by atoms with Gasteiger partial charge in [-0.25, -0.2) is 0 Å². The maximum absolute atomic E-state index is 4.63. The Kier molecular flexibility index (Phi) is 5.61. The van der Waals surface area contributed by atoms with Crippen LogP contribution in [0.1, 0.15) is 52.3 Å². The lowest BCUT2D eigenvalue weighted by molar-refractivity contribution is 0.264. The van der Waals surface area contributed by atoms with Crippen LogP contribution in [0.2, 0.25) is 0 Å². The van der Waals surface area contributed by atoms with Gasteiger partial charge in [-0.05, 0) is 58.7 Å². The van der Waals surface area contributed by atoms with E-state index in [2.05, 4.69) is 60.0 Å². The van der Waals surface area contributed by atoms with Crippen molar-refractivity contribution in [1.82, 2.24) is 20.0 Å². The van der Waals surface area contributed by atoms with E-state index in [9.17, 15) is 0 Å². The van der Waals surface area contributed by atoms with E-state index in [1.54, 1.807) is 0 Å². The van der Waals surface area contributed by atoms with Gasteiger partial charge < -0.3 is 10.2 Å². The van der Waals surface area contributed by atoms with E-state index in [4.69, 9.17) is 0 Å². The number of aromatic nitrogens is 2. The predicted octanol–water partition coefficient (Wildman–Crippen LogP) is 2.67. The van der Waals surface area contributed by atoms with Crippen molar-refractivity contribution in [3.63, 3.8) is 0 Å². The van der Waals surface area contributed by atoms with Crippen molar-refractivity contribution >= 4 is 0 Å². The summed E-state index contributed by atoms with van der Waals surface area (Å²) in [5.74, 6) is 0.800. The molecule has 0 amide bonds. The van der Waals surface area contributed by atoms with Crippen LogP contribution in [-0.2, 0) is 6.54 Å². The van der Waals surface area contributed by atoms with Crippen molar-refractivity contribution in [3.05, 3.63) is 18.0 Å². The first kappa shape index (κ1) is 15.5. The van der Waals surface area contributed by atoms with E-state index in [-0.39, 0.29) is 0 Å². The van der Waals surface area contributed by atoms with Gasteiger partial charge in [0.1, 0.15) is 0 Å². The Morgan fingerprint density at radius 2 is 2.20 bits per heavy atom. The Balaban J connectivity index is 1.70. The molecule has 0 saturated carbocycles. The van der Waals surface area contributed by atoms with Crippen LogP contribution < -0.4 is 5.32 Å². The lowest BCUT2D eigenvalue weighted by atomic mass is 10.1. The largest absolute Gasteiger partial charge is 0.311 e. The standard InChI is InChI=1S/C16H30N4/c1-5-14(4)20-9-7-16(18-20)11-17-10-15-6-8-19(12-15)13(2)3/h7,9,13-15,17H,5-6,8,10-12H2,1-4H3. The van der Waals surface area contributed by atoms with Crippen LogP contribution in [0.3, 0.4) is 0 Å². The van der Waals surface area contributed by atoms with E-state index in [1.807, 2.05) is 0 Å². The van der Waals surface area contributed by atoms with Gasteiger partial charge in [0, 0.05) is 31.4 Å². The van der Waals surface area contributed by atoms with E-state index in [0.29, 0.717) is 12.1 Å². The first-order chi connectivity index (χ1) is 9.60. The molecule has 2 atom stereocenters. The second kappa shape index (κ2) is 7.23. The molecule has 1 fully saturated rings. The van der Waals surface area contributed by atoms with Crippen molar-refractivity contribution in [2.75, 3.05) is 19.6 Å². The maximum Gasteiger partial charge on any atom is 0.0762 e. The Morgan fingerprint density at radius 1 is 1.40 bits per heavy atom. The molecule has 2 unspecified atom stereocenters. The third-order valence-electron chi connectivity index (χ3n) is 4.49. The van der Waals surface area contributed by atoms with Crippen molar-refractivity contribution in [2.45, 2.75) is 59.2 Å². The fraction of sp³-hybridized carbons (Fsp3) is 0.812. The molecule has 4 heteroatoms. The van der Waals surface area contributed by atoms with E-state index >= 15 is 0 Å². The number of hydrogen-bond donors (Lipinski definition) is 1. The molecule has 1 aromatic heterocycles. The molecule has 4 nitrogen and oxygen atoms in total. The average Bonchev–Trinajstić information content (AvgIpc) is 3.07. The summed E-state index contributed by atoms with van der Waals surface area (Å²) in [6, 6.07) is 3.32. The summed E-state index contributed by atoms with van der Waals surface area (Å²) in [4.78, 5) is 2.57. The molecular formula is C16H30N4. The third-order valence-corrected chi connectivity index (χ3v) is 4.49. The number of hydrogen-bond acceptors (Lipinski definition) is 3. The monoisotopic (exact) mass is 278 g/mol. The van der Waals surface area contributed by atoms with Gasteiger partial charge in [-0.15, -0.1) is 0 Å². The molecule has 2 rings (SSSR count). The number of nitrogens with one attached hydrogen (secondary N) is 1. The van der Waals surface area contributed by atoms with E-state index < -0.39 is 0 Å². The Morgan fingerprint density at radius 3 is 2.85 bits per heavy atom. The summed E-state index contributed by atoms with van der Waals surface area (Å²) >= 11 is 0. The van der Waals surface area contributed by atoms with Gasteiger partial charge in [-0.1, -0.05) is 6.92 Å². The molecule has 0 aliphatic carbocycles. The molecule has 0 radical (unpaired) electrons. The van der Waals surface area contributed by atoms with Crippen molar-refractivity contribution < 1.29 is 0 Å². The molecule has 20 heavy (non-hydrogen) atoms. The smallest absolute Gasteiger partial charge is 0.0762 e. The van der Waals surface area contributed by atoms with Crippen molar-refractivity contribution in [3.8, 4) is 0 Å². The molecule has 1 aliphatic rings. The van der Waals surface area contributed by atoms with Crippen LogP contribution in [0.25, 0.3) is 0 Å². The summed E-state index contributed by atoms with van der Waals surface area (Å²) in [6.07, 6.45) is 4.55. The zero-order valence-corrected chi connectivity index (χ0v) is 13.5. The molecule has 2 heterocycles. The highest BCUT2D eigenvalue weighted by Crippen LogP contribution is 2.17. The second-order valence-corrected chi connectivity index (χ2v) is 6.42.